The smallest absolute Gasteiger partial charge is 0.416 e. The molecule has 1 saturated carbocycles. The summed E-state index contributed by atoms with van der Waals surface area (Å²) in [5, 5.41) is 11.9. The maximum absolute atomic E-state index is 12.6. The number of nitrogens with one attached hydrogen (secondary N) is 1. The first-order valence-electron chi connectivity index (χ1n) is 7.37. The van der Waals surface area contributed by atoms with Gasteiger partial charge in [0, 0.05) is 0 Å². The molecule has 0 aromatic heterocycles. The van der Waals surface area contributed by atoms with Crippen molar-refractivity contribution < 1.29 is 22.7 Å². The van der Waals surface area contributed by atoms with Crippen molar-refractivity contribution in [3.8, 4) is 11.8 Å². The Hall–Kier alpha value is -2.23. The van der Waals surface area contributed by atoms with Gasteiger partial charge >= 0.3 is 6.18 Å². The molecule has 124 valence electrons. The zero-order valence-electron chi connectivity index (χ0n) is 12.4. The van der Waals surface area contributed by atoms with Crippen LogP contribution in [0.15, 0.2) is 24.3 Å². The number of nitrogens with zero attached hydrogens (tertiary/aromatic N) is 1. The Morgan fingerprint density at radius 3 is 2.61 bits per heavy atom. The summed E-state index contributed by atoms with van der Waals surface area (Å²) in [7, 11) is 0. The van der Waals surface area contributed by atoms with E-state index in [2.05, 4.69) is 11.4 Å². The number of nitriles is 1. The van der Waals surface area contributed by atoms with E-state index in [4.69, 9.17) is 4.74 Å². The fourth-order valence-electron chi connectivity index (χ4n) is 2.63. The molecule has 1 amide bonds. The number of hydrogen-bond donors (Lipinski definition) is 1. The Morgan fingerprint density at radius 1 is 1.30 bits per heavy atom. The van der Waals surface area contributed by atoms with Crippen LogP contribution in [-0.2, 0) is 11.0 Å². The van der Waals surface area contributed by atoms with Gasteiger partial charge < -0.3 is 10.1 Å². The zero-order valence-corrected chi connectivity index (χ0v) is 12.4. The lowest BCUT2D eigenvalue weighted by Gasteiger charge is -2.31. The topological polar surface area (TPSA) is 62.1 Å². The predicted molar refractivity (Wildman–Crippen MR) is 76.5 cm³/mol. The van der Waals surface area contributed by atoms with E-state index >= 15 is 0 Å². The summed E-state index contributed by atoms with van der Waals surface area (Å²) in [6, 6.07) is 6.48. The molecule has 7 heteroatoms. The highest BCUT2D eigenvalue weighted by atomic mass is 19.4. The van der Waals surface area contributed by atoms with E-state index in [1.807, 2.05) is 0 Å². The van der Waals surface area contributed by atoms with Crippen molar-refractivity contribution in [1.29, 1.82) is 5.26 Å². The van der Waals surface area contributed by atoms with Gasteiger partial charge in [-0.25, -0.2) is 0 Å². The number of benzene rings is 1. The molecule has 1 aliphatic carbocycles. The quantitative estimate of drug-likeness (QED) is 0.922. The van der Waals surface area contributed by atoms with Crippen LogP contribution < -0.4 is 10.1 Å². The second kappa shape index (κ2) is 6.90. The number of carbonyl (C=O) groups is 1. The average molecular weight is 326 g/mol. The summed E-state index contributed by atoms with van der Waals surface area (Å²) in [5.74, 6) is -0.546. The highest BCUT2D eigenvalue weighted by Gasteiger charge is 2.34. The Labute approximate surface area is 132 Å². The number of ether oxygens (including phenoxy) is 1. The van der Waals surface area contributed by atoms with Crippen LogP contribution in [0.4, 0.5) is 13.2 Å². The van der Waals surface area contributed by atoms with Gasteiger partial charge in [-0.15, -0.1) is 0 Å². The second-order valence-corrected chi connectivity index (χ2v) is 5.62. The van der Waals surface area contributed by atoms with Gasteiger partial charge in [-0.3, -0.25) is 4.79 Å². The number of hydrogen-bond acceptors (Lipinski definition) is 3. The molecule has 2 rings (SSSR count). The minimum atomic E-state index is -4.46. The lowest BCUT2D eigenvalue weighted by Crippen LogP contribution is -2.50. The van der Waals surface area contributed by atoms with Gasteiger partial charge in [0.2, 0.25) is 0 Å². The van der Waals surface area contributed by atoms with Crippen LogP contribution in [-0.4, -0.2) is 18.1 Å². The van der Waals surface area contributed by atoms with Gasteiger partial charge in [-0.05, 0) is 31.0 Å². The van der Waals surface area contributed by atoms with Crippen molar-refractivity contribution >= 4 is 5.91 Å². The zero-order chi connectivity index (χ0) is 16.9. The van der Waals surface area contributed by atoms with E-state index in [0.29, 0.717) is 12.8 Å². The molecule has 1 fully saturated rings. The van der Waals surface area contributed by atoms with Crippen molar-refractivity contribution in [2.75, 3.05) is 6.61 Å². The summed E-state index contributed by atoms with van der Waals surface area (Å²) >= 11 is 0. The first kappa shape index (κ1) is 17.1. The minimum absolute atomic E-state index is 0.0374. The number of amides is 1. The van der Waals surface area contributed by atoms with Crippen LogP contribution in [0.5, 0.6) is 5.75 Å². The third-order valence-electron chi connectivity index (χ3n) is 3.83. The molecule has 0 atom stereocenters. The summed E-state index contributed by atoms with van der Waals surface area (Å²) in [4.78, 5) is 11.9. The standard InChI is InChI=1S/C16H17F3N2O2/c17-16(18,19)12-5-4-6-13(9-12)23-10-14(22)21-15(11-20)7-2-1-3-8-15/h4-6,9H,1-3,7-8,10H2,(H,21,22). The number of halogens is 3. The maximum Gasteiger partial charge on any atom is 0.416 e. The van der Waals surface area contributed by atoms with E-state index in [1.165, 1.54) is 12.1 Å². The van der Waals surface area contributed by atoms with Crippen molar-refractivity contribution in [3.05, 3.63) is 29.8 Å². The Kier molecular flexibility index (Phi) is 5.14. The third-order valence-corrected chi connectivity index (χ3v) is 3.83. The number of carbonyl (C=O) groups excluding carboxylic acids is 1. The van der Waals surface area contributed by atoms with Gasteiger partial charge in [-0.2, -0.15) is 18.4 Å². The van der Waals surface area contributed by atoms with Gasteiger partial charge in [0.25, 0.3) is 5.91 Å². The van der Waals surface area contributed by atoms with Crippen LogP contribution in [0.1, 0.15) is 37.7 Å². The van der Waals surface area contributed by atoms with E-state index in [0.717, 1.165) is 31.4 Å². The molecule has 0 spiro atoms. The molecule has 1 N–H and O–H groups in total. The molecule has 4 nitrogen and oxygen atoms in total. The van der Waals surface area contributed by atoms with Crippen molar-refractivity contribution in [2.45, 2.75) is 43.8 Å². The molecule has 23 heavy (non-hydrogen) atoms. The Bertz CT molecular complexity index is 602. The molecular formula is C16H17F3N2O2. The predicted octanol–water partition coefficient (Wildman–Crippen LogP) is 3.43. The molecule has 0 saturated heterocycles. The number of rotatable bonds is 4. The summed E-state index contributed by atoms with van der Waals surface area (Å²) < 4.78 is 42.9. The monoisotopic (exact) mass is 326 g/mol. The van der Waals surface area contributed by atoms with Crippen LogP contribution in [0, 0.1) is 11.3 Å². The molecule has 1 aliphatic rings. The Morgan fingerprint density at radius 2 is 2.00 bits per heavy atom. The third kappa shape index (κ3) is 4.62. The van der Waals surface area contributed by atoms with E-state index in [9.17, 15) is 23.2 Å². The molecule has 0 unspecified atom stereocenters. The lowest BCUT2D eigenvalue weighted by molar-refractivity contribution is -0.137. The maximum atomic E-state index is 12.6. The van der Waals surface area contributed by atoms with Gasteiger partial charge in [0.1, 0.15) is 11.3 Å². The molecule has 1 aromatic rings. The normalized spacial score (nSPS) is 17.1. The van der Waals surface area contributed by atoms with Gasteiger partial charge in [-0.1, -0.05) is 25.3 Å². The Balaban J connectivity index is 1.93. The van der Waals surface area contributed by atoms with Crippen LogP contribution in [0.25, 0.3) is 0 Å². The van der Waals surface area contributed by atoms with Crippen LogP contribution in [0.3, 0.4) is 0 Å². The second-order valence-electron chi connectivity index (χ2n) is 5.62. The molecule has 0 radical (unpaired) electrons. The van der Waals surface area contributed by atoms with E-state index in [1.54, 1.807) is 0 Å². The molecule has 0 heterocycles. The van der Waals surface area contributed by atoms with Crippen molar-refractivity contribution in [2.24, 2.45) is 0 Å². The lowest BCUT2D eigenvalue weighted by atomic mass is 9.83. The summed E-state index contributed by atoms with van der Waals surface area (Å²) in [6.45, 7) is -0.426. The highest BCUT2D eigenvalue weighted by Crippen LogP contribution is 2.31. The summed E-state index contributed by atoms with van der Waals surface area (Å²) in [5.41, 5.74) is -1.72. The first-order chi connectivity index (χ1) is 10.8. The molecular weight excluding hydrogens is 309 g/mol. The largest absolute Gasteiger partial charge is 0.484 e. The fraction of sp³-hybridized carbons (Fsp3) is 0.500. The first-order valence-corrected chi connectivity index (χ1v) is 7.37. The van der Waals surface area contributed by atoms with E-state index in [-0.39, 0.29) is 5.75 Å². The van der Waals surface area contributed by atoms with E-state index < -0.39 is 29.8 Å². The molecule has 0 bridgehead atoms. The fourth-order valence-corrected chi connectivity index (χ4v) is 2.63. The van der Waals surface area contributed by atoms with Crippen molar-refractivity contribution in [3.63, 3.8) is 0 Å². The average Bonchev–Trinajstić information content (AvgIpc) is 2.53. The minimum Gasteiger partial charge on any atom is -0.484 e. The van der Waals surface area contributed by atoms with Crippen LogP contribution in [0.2, 0.25) is 0 Å². The number of alkyl halides is 3. The SMILES string of the molecule is N#CC1(NC(=O)COc2cccc(C(F)(F)F)c2)CCCCC1. The molecule has 1 aromatic carbocycles. The highest BCUT2D eigenvalue weighted by molar-refractivity contribution is 5.78. The van der Waals surface area contributed by atoms with Gasteiger partial charge in [0.15, 0.2) is 6.61 Å². The van der Waals surface area contributed by atoms with Crippen LogP contribution >= 0.6 is 0 Å². The summed E-state index contributed by atoms with van der Waals surface area (Å²) in [6.07, 6.45) is -0.545. The van der Waals surface area contributed by atoms with Gasteiger partial charge in [0.05, 0.1) is 11.6 Å². The molecule has 0 aliphatic heterocycles. The van der Waals surface area contributed by atoms with Crippen molar-refractivity contribution in [1.82, 2.24) is 5.32 Å².